The average molecular weight is 294 g/mol. The van der Waals surface area contributed by atoms with Gasteiger partial charge in [-0.3, -0.25) is 4.79 Å². The summed E-state index contributed by atoms with van der Waals surface area (Å²) < 4.78 is 4.89. The number of carbonyl (C=O) groups is 2. The highest BCUT2D eigenvalue weighted by Gasteiger charge is 2.22. The number of thiazole rings is 1. The Morgan fingerprint density at radius 3 is 2.90 bits per heavy atom. The number of anilines is 1. The Hall–Kier alpha value is -2.22. The number of rotatable bonds is 6. The first kappa shape index (κ1) is 14.2. The SMILES string of the molecule is CCOC(=O)c1nc(NCc2ncc[nH]2)sc1C(C)=O. The molecule has 20 heavy (non-hydrogen) atoms. The lowest BCUT2D eigenvalue weighted by Gasteiger charge is -1.99. The van der Waals surface area contributed by atoms with E-state index in [2.05, 4.69) is 20.3 Å². The maximum Gasteiger partial charge on any atom is 0.358 e. The molecular formula is C12H14N4O3S. The smallest absolute Gasteiger partial charge is 0.358 e. The van der Waals surface area contributed by atoms with Crippen molar-refractivity contribution in [1.29, 1.82) is 0 Å². The Balaban J connectivity index is 2.16. The maximum absolute atomic E-state index is 11.7. The van der Waals surface area contributed by atoms with Crippen LogP contribution in [0.2, 0.25) is 0 Å². The number of carbonyl (C=O) groups excluding carboxylic acids is 2. The largest absolute Gasteiger partial charge is 0.461 e. The van der Waals surface area contributed by atoms with E-state index < -0.39 is 5.97 Å². The minimum Gasteiger partial charge on any atom is -0.461 e. The summed E-state index contributed by atoms with van der Waals surface area (Å²) in [6, 6.07) is 0. The monoisotopic (exact) mass is 294 g/mol. The number of esters is 1. The normalized spacial score (nSPS) is 10.3. The van der Waals surface area contributed by atoms with Crippen molar-refractivity contribution in [3.63, 3.8) is 0 Å². The van der Waals surface area contributed by atoms with Crippen LogP contribution in [-0.4, -0.2) is 33.3 Å². The van der Waals surface area contributed by atoms with E-state index in [0.29, 0.717) is 16.6 Å². The number of H-pyrrole nitrogens is 1. The molecule has 0 atom stereocenters. The summed E-state index contributed by atoms with van der Waals surface area (Å²) in [6.07, 6.45) is 3.35. The van der Waals surface area contributed by atoms with Gasteiger partial charge in [-0.15, -0.1) is 0 Å². The molecule has 0 spiro atoms. The highest BCUT2D eigenvalue weighted by Crippen LogP contribution is 2.24. The van der Waals surface area contributed by atoms with Gasteiger partial charge in [-0.05, 0) is 6.92 Å². The van der Waals surface area contributed by atoms with Gasteiger partial charge in [0.15, 0.2) is 16.6 Å². The van der Waals surface area contributed by atoms with E-state index in [1.807, 2.05) is 0 Å². The number of aromatic nitrogens is 3. The van der Waals surface area contributed by atoms with Crippen LogP contribution in [0.15, 0.2) is 12.4 Å². The molecule has 0 amide bonds. The lowest BCUT2D eigenvalue weighted by Crippen LogP contribution is -2.09. The molecule has 0 unspecified atom stereocenters. The van der Waals surface area contributed by atoms with Crippen LogP contribution in [0.5, 0.6) is 0 Å². The highest BCUT2D eigenvalue weighted by molar-refractivity contribution is 7.17. The van der Waals surface area contributed by atoms with Gasteiger partial charge in [0.2, 0.25) is 0 Å². The van der Waals surface area contributed by atoms with E-state index >= 15 is 0 Å². The zero-order valence-corrected chi connectivity index (χ0v) is 11.9. The molecule has 7 nitrogen and oxygen atoms in total. The van der Waals surface area contributed by atoms with Gasteiger partial charge in [0.25, 0.3) is 0 Å². The van der Waals surface area contributed by atoms with Crippen molar-refractivity contribution < 1.29 is 14.3 Å². The molecule has 0 saturated carbocycles. The number of imidazole rings is 1. The number of nitrogens with one attached hydrogen (secondary N) is 2. The quantitative estimate of drug-likeness (QED) is 0.623. The second-order valence-electron chi connectivity index (χ2n) is 3.86. The molecular weight excluding hydrogens is 280 g/mol. The summed E-state index contributed by atoms with van der Waals surface area (Å²) in [4.78, 5) is 34.7. The van der Waals surface area contributed by atoms with Crippen molar-refractivity contribution in [3.8, 4) is 0 Å². The third-order valence-electron chi connectivity index (χ3n) is 2.38. The second-order valence-corrected chi connectivity index (χ2v) is 4.86. The molecule has 8 heteroatoms. The van der Waals surface area contributed by atoms with E-state index in [0.717, 1.165) is 17.2 Å². The standard InChI is InChI=1S/C12H14N4O3S/c1-3-19-11(18)9-10(7(2)17)20-12(16-9)15-6-8-13-4-5-14-8/h4-5H,3,6H2,1-2H3,(H,13,14)(H,15,16). The predicted molar refractivity (Wildman–Crippen MR) is 74.0 cm³/mol. The zero-order chi connectivity index (χ0) is 14.5. The molecule has 0 fully saturated rings. The molecule has 0 aromatic carbocycles. The van der Waals surface area contributed by atoms with E-state index in [9.17, 15) is 9.59 Å². The lowest BCUT2D eigenvalue weighted by atomic mass is 10.3. The maximum atomic E-state index is 11.7. The Morgan fingerprint density at radius 1 is 1.50 bits per heavy atom. The van der Waals surface area contributed by atoms with Crippen LogP contribution in [0.3, 0.4) is 0 Å². The van der Waals surface area contributed by atoms with Crippen LogP contribution in [0, 0.1) is 0 Å². The summed E-state index contributed by atoms with van der Waals surface area (Å²) in [5.74, 6) is -0.0566. The lowest BCUT2D eigenvalue weighted by molar-refractivity contribution is 0.0517. The van der Waals surface area contributed by atoms with Crippen molar-refractivity contribution in [2.24, 2.45) is 0 Å². The average Bonchev–Trinajstić information content (AvgIpc) is 3.06. The summed E-state index contributed by atoms with van der Waals surface area (Å²) in [7, 11) is 0. The summed E-state index contributed by atoms with van der Waals surface area (Å²) in [5, 5.41) is 3.49. The van der Waals surface area contributed by atoms with Gasteiger partial charge in [-0.1, -0.05) is 11.3 Å². The van der Waals surface area contributed by atoms with Crippen molar-refractivity contribution >= 4 is 28.2 Å². The molecule has 2 rings (SSSR count). The number of hydrogen-bond donors (Lipinski definition) is 2. The number of nitrogens with zero attached hydrogens (tertiary/aromatic N) is 2. The highest BCUT2D eigenvalue weighted by atomic mass is 32.1. The van der Waals surface area contributed by atoms with Gasteiger partial charge >= 0.3 is 5.97 Å². The topological polar surface area (TPSA) is 97.0 Å². The molecule has 2 aromatic heterocycles. The number of Topliss-reactive ketones (excluding diaryl/α,β-unsaturated/α-hetero) is 1. The summed E-state index contributed by atoms with van der Waals surface area (Å²) >= 11 is 1.13. The minimum atomic E-state index is -0.583. The van der Waals surface area contributed by atoms with E-state index in [1.54, 1.807) is 19.3 Å². The van der Waals surface area contributed by atoms with Gasteiger partial charge in [-0.25, -0.2) is 14.8 Å². The zero-order valence-electron chi connectivity index (χ0n) is 11.1. The Kier molecular flexibility index (Phi) is 4.46. The molecule has 0 radical (unpaired) electrons. The molecule has 0 aliphatic rings. The van der Waals surface area contributed by atoms with Crippen LogP contribution >= 0.6 is 11.3 Å². The fourth-order valence-corrected chi connectivity index (χ4v) is 2.37. The van der Waals surface area contributed by atoms with Crippen LogP contribution in [0.1, 0.15) is 39.8 Å². The fourth-order valence-electron chi connectivity index (χ4n) is 1.53. The molecule has 2 N–H and O–H groups in total. The first-order valence-corrected chi connectivity index (χ1v) is 6.84. The van der Waals surface area contributed by atoms with Gasteiger partial charge in [0, 0.05) is 19.3 Å². The van der Waals surface area contributed by atoms with Crippen molar-refractivity contribution in [3.05, 3.63) is 28.8 Å². The number of ether oxygens (including phenoxy) is 1. The Labute approximate surface area is 119 Å². The first-order chi connectivity index (χ1) is 9.61. The van der Waals surface area contributed by atoms with E-state index in [4.69, 9.17) is 4.74 Å². The molecule has 0 aliphatic carbocycles. The summed E-state index contributed by atoms with van der Waals surface area (Å²) in [5.41, 5.74) is 0.0614. The Morgan fingerprint density at radius 2 is 2.30 bits per heavy atom. The molecule has 106 valence electrons. The van der Waals surface area contributed by atoms with E-state index in [1.165, 1.54) is 6.92 Å². The van der Waals surface area contributed by atoms with Gasteiger partial charge in [-0.2, -0.15) is 0 Å². The molecule has 0 saturated heterocycles. The van der Waals surface area contributed by atoms with Gasteiger partial charge < -0.3 is 15.0 Å². The molecule has 2 heterocycles. The Bertz CT molecular complexity index is 606. The molecule has 0 aliphatic heterocycles. The van der Waals surface area contributed by atoms with Crippen LogP contribution < -0.4 is 5.32 Å². The van der Waals surface area contributed by atoms with Crippen LogP contribution in [0.25, 0.3) is 0 Å². The van der Waals surface area contributed by atoms with Crippen molar-refractivity contribution in [1.82, 2.24) is 15.0 Å². The number of ketones is 1. The third-order valence-corrected chi connectivity index (χ3v) is 3.49. The number of aromatic amines is 1. The third kappa shape index (κ3) is 3.21. The summed E-state index contributed by atoms with van der Waals surface area (Å²) in [6.45, 7) is 3.77. The van der Waals surface area contributed by atoms with Gasteiger partial charge in [0.05, 0.1) is 13.2 Å². The van der Waals surface area contributed by atoms with Crippen molar-refractivity contribution in [2.75, 3.05) is 11.9 Å². The van der Waals surface area contributed by atoms with E-state index in [-0.39, 0.29) is 18.1 Å². The van der Waals surface area contributed by atoms with Crippen molar-refractivity contribution in [2.45, 2.75) is 20.4 Å². The fraction of sp³-hybridized carbons (Fsp3) is 0.333. The number of hydrogen-bond acceptors (Lipinski definition) is 7. The van der Waals surface area contributed by atoms with Crippen LogP contribution in [0.4, 0.5) is 5.13 Å². The van der Waals surface area contributed by atoms with Gasteiger partial charge in [0.1, 0.15) is 10.7 Å². The predicted octanol–water partition coefficient (Wildman–Crippen LogP) is 1.86. The minimum absolute atomic E-state index is 0.0614. The second kappa shape index (κ2) is 6.29. The molecule has 2 aromatic rings. The van der Waals surface area contributed by atoms with Crippen LogP contribution in [-0.2, 0) is 11.3 Å². The molecule has 0 bridgehead atoms. The first-order valence-electron chi connectivity index (χ1n) is 6.02.